The van der Waals surface area contributed by atoms with Gasteiger partial charge in [-0.3, -0.25) is 4.79 Å². The molecule has 3 nitrogen and oxygen atoms in total. The van der Waals surface area contributed by atoms with Crippen LogP contribution in [-0.2, 0) is 12.8 Å². The average molecular weight is 282 g/mol. The molecule has 0 saturated heterocycles. The van der Waals surface area contributed by atoms with Crippen molar-refractivity contribution >= 4 is 5.78 Å². The molecule has 0 N–H and O–H groups in total. The predicted molar refractivity (Wildman–Crippen MR) is 84.6 cm³/mol. The first-order valence-corrected chi connectivity index (χ1v) is 7.48. The van der Waals surface area contributed by atoms with Crippen LogP contribution >= 0.6 is 0 Å². The van der Waals surface area contributed by atoms with Gasteiger partial charge in [-0.25, -0.2) is 0 Å². The standard InChI is InChI=1S/C18H22N2O/c1-5-17-16(10-13(4)19-20-17)18(21)15-8-6-7-14(11-15)9-12(2)3/h6-8,10-12H,5,9H2,1-4H3. The molecule has 2 rings (SSSR count). The number of carbonyl (C=O) groups excluding carboxylic acids is 1. The topological polar surface area (TPSA) is 42.9 Å². The number of rotatable bonds is 5. The number of aryl methyl sites for hydroxylation is 2. The van der Waals surface area contributed by atoms with E-state index < -0.39 is 0 Å². The van der Waals surface area contributed by atoms with E-state index in [1.807, 2.05) is 38.1 Å². The first-order valence-electron chi connectivity index (χ1n) is 7.48. The summed E-state index contributed by atoms with van der Waals surface area (Å²) in [5.74, 6) is 0.613. The molecule has 3 heteroatoms. The molecule has 0 atom stereocenters. The van der Waals surface area contributed by atoms with E-state index in [4.69, 9.17) is 0 Å². The van der Waals surface area contributed by atoms with Gasteiger partial charge in [0.15, 0.2) is 5.78 Å². The van der Waals surface area contributed by atoms with Gasteiger partial charge < -0.3 is 0 Å². The zero-order valence-corrected chi connectivity index (χ0v) is 13.2. The maximum atomic E-state index is 12.7. The third kappa shape index (κ3) is 3.75. The van der Waals surface area contributed by atoms with Crippen molar-refractivity contribution < 1.29 is 4.79 Å². The minimum atomic E-state index is 0.0375. The number of carbonyl (C=O) groups is 1. The van der Waals surface area contributed by atoms with Gasteiger partial charge in [-0.15, -0.1) is 0 Å². The highest BCUT2D eigenvalue weighted by Crippen LogP contribution is 2.17. The van der Waals surface area contributed by atoms with Crippen molar-refractivity contribution in [1.82, 2.24) is 10.2 Å². The zero-order chi connectivity index (χ0) is 15.4. The SMILES string of the molecule is CCc1nnc(C)cc1C(=O)c1cccc(CC(C)C)c1. The van der Waals surface area contributed by atoms with E-state index in [-0.39, 0.29) is 5.78 Å². The van der Waals surface area contributed by atoms with Crippen LogP contribution in [0.3, 0.4) is 0 Å². The third-order valence-electron chi connectivity index (χ3n) is 3.41. The van der Waals surface area contributed by atoms with Gasteiger partial charge in [-0.05, 0) is 43.4 Å². The van der Waals surface area contributed by atoms with Crippen LogP contribution in [0.5, 0.6) is 0 Å². The van der Waals surface area contributed by atoms with Crippen LogP contribution in [0.25, 0.3) is 0 Å². The van der Waals surface area contributed by atoms with Crippen molar-refractivity contribution in [3.05, 3.63) is 58.4 Å². The van der Waals surface area contributed by atoms with E-state index in [1.165, 1.54) is 5.56 Å². The number of aromatic nitrogens is 2. The van der Waals surface area contributed by atoms with Gasteiger partial charge in [0.1, 0.15) is 0 Å². The molecular weight excluding hydrogens is 260 g/mol. The lowest BCUT2D eigenvalue weighted by Crippen LogP contribution is -2.09. The molecule has 1 heterocycles. The molecule has 0 radical (unpaired) electrons. The van der Waals surface area contributed by atoms with Gasteiger partial charge in [-0.2, -0.15) is 10.2 Å². The van der Waals surface area contributed by atoms with Gasteiger partial charge >= 0.3 is 0 Å². The van der Waals surface area contributed by atoms with Crippen molar-refractivity contribution in [3.63, 3.8) is 0 Å². The summed E-state index contributed by atoms with van der Waals surface area (Å²) in [7, 11) is 0. The van der Waals surface area contributed by atoms with Crippen LogP contribution in [0.4, 0.5) is 0 Å². The molecular formula is C18H22N2O. The molecule has 0 unspecified atom stereocenters. The Balaban J connectivity index is 2.38. The van der Waals surface area contributed by atoms with Crippen LogP contribution in [0.2, 0.25) is 0 Å². The molecule has 0 fully saturated rings. The van der Waals surface area contributed by atoms with Gasteiger partial charge in [0.05, 0.1) is 11.4 Å². The Morgan fingerprint density at radius 3 is 2.62 bits per heavy atom. The normalized spacial score (nSPS) is 10.9. The maximum Gasteiger partial charge on any atom is 0.195 e. The summed E-state index contributed by atoms with van der Waals surface area (Å²) in [6, 6.07) is 9.74. The van der Waals surface area contributed by atoms with E-state index in [1.54, 1.807) is 0 Å². The van der Waals surface area contributed by atoms with Crippen molar-refractivity contribution in [3.8, 4) is 0 Å². The first-order chi connectivity index (χ1) is 10.0. The monoisotopic (exact) mass is 282 g/mol. The summed E-state index contributed by atoms with van der Waals surface area (Å²) in [6.07, 6.45) is 1.69. The second-order valence-corrected chi connectivity index (χ2v) is 5.83. The third-order valence-corrected chi connectivity index (χ3v) is 3.41. The fourth-order valence-corrected chi connectivity index (χ4v) is 2.44. The van der Waals surface area contributed by atoms with Crippen molar-refractivity contribution in [2.45, 2.75) is 40.5 Å². The van der Waals surface area contributed by atoms with Gasteiger partial charge in [-0.1, -0.05) is 39.0 Å². The van der Waals surface area contributed by atoms with E-state index in [0.29, 0.717) is 17.9 Å². The fourth-order valence-electron chi connectivity index (χ4n) is 2.44. The highest BCUT2D eigenvalue weighted by molar-refractivity contribution is 6.09. The Morgan fingerprint density at radius 2 is 1.95 bits per heavy atom. The second kappa shape index (κ2) is 6.61. The summed E-state index contributed by atoms with van der Waals surface area (Å²) in [6.45, 7) is 8.21. The summed E-state index contributed by atoms with van der Waals surface area (Å²) >= 11 is 0. The van der Waals surface area contributed by atoms with Crippen LogP contribution in [-0.4, -0.2) is 16.0 Å². The average Bonchev–Trinajstić information content (AvgIpc) is 2.46. The minimum Gasteiger partial charge on any atom is -0.289 e. The number of benzene rings is 1. The lowest BCUT2D eigenvalue weighted by Gasteiger charge is -2.09. The summed E-state index contributed by atoms with van der Waals surface area (Å²) in [4.78, 5) is 12.7. The Hall–Kier alpha value is -2.03. The van der Waals surface area contributed by atoms with Crippen LogP contribution in [0.1, 0.15) is 53.6 Å². The van der Waals surface area contributed by atoms with Crippen molar-refractivity contribution in [2.24, 2.45) is 5.92 Å². The maximum absolute atomic E-state index is 12.7. The molecule has 0 aliphatic rings. The number of ketones is 1. The predicted octanol–water partition coefficient (Wildman–Crippen LogP) is 3.78. The highest BCUT2D eigenvalue weighted by Gasteiger charge is 2.15. The molecule has 1 aromatic carbocycles. The van der Waals surface area contributed by atoms with Gasteiger partial charge in [0, 0.05) is 11.1 Å². The van der Waals surface area contributed by atoms with Crippen LogP contribution in [0, 0.1) is 12.8 Å². The lowest BCUT2D eigenvalue weighted by molar-refractivity contribution is 0.103. The minimum absolute atomic E-state index is 0.0375. The lowest BCUT2D eigenvalue weighted by atomic mass is 9.96. The molecule has 0 aliphatic heterocycles. The molecule has 0 amide bonds. The molecule has 0 spiro atoms. The second-order valence-electron chi connectivity index (χ2n) is 5.83. The quantitative estimate of drug-likeness (QED) is 0.784. The summed E-state index contributed by atoms with van der Waals surface area (Å²) < 4.78 is 0. The molecule has 0 bridgehead atoms. The van der Waals surface area contributed by atoms with Crippen LogP contribution < -0.4 is 0 Å². The first kappa shape index (κ1) is 15.4. The largest absolute Gasteiger partial charge is 0.289 e. The fraction of sp³-hybridized carbons (Fsp3) is 0.389. The number of nitrogens with zero attached hydrogens (tertiary/aromatic N) is 2. The summed E-state index contributed by atoms with van der Waals surface area (Å²) in [5.41, 5.74) is 4.14. The van der Waals surface area contributed by atoms with Gasteiger partial charge in [0.2, 0.25) is 0 Å². The zero-order valence-electron chi connectivity index (χ0n) is 13.2. The van der Waals surface area contributed by atoms with E-state index in [2.05, 4.69) is 30.1 Å². The van der Waals surface area contributed by atoms with Crippen molar-refractivity contribution in [2.75, 3.05) is 0 Å². The number of hydrogen-bond donors (Lipinski definition) is 0. The summed E-state index contributed by atoms with van der Waals surface area (Å²) in [5, 5.41) is 8.18. The number of hydrogen-bond acceptors (Lipinski definition) is 3. The molecule has 110 valence electrons. The Kier molecular flexibility index (Phi) is 4.84. The highest BCUT2D eigenvalue weighted by atomic mass is 16.1. The van der Waals surface area contributed by atoms with E-state index >= 15 is 0 Å². The molecule has 2 aromatic rings. The van der Waals surface area contributed by atoms with Gasteiger partial charge in [0.25, 0.3) is 0 Å². The Morgan fingerprint density at radius 1 is 1.19 bits per heavy atom. The molecule has 0 aliphatic carbocycles. The molecule has 0 saturated carbocycles. The smallest absolute Gasteiger partial charge is 0.195 e. The van der Waals surface area contributed by atoms with Crippen LogP contribution in [0.15, 0.2) is 30.3 Å². The van der Waals surface area contributed by atoms with Crippen molar-refractivity contribution in [1.29, 1.82) is 0 Å². The molecule has 1 aromatic heterocycles. The van der Waals surface area contributed by atoms with E-state index in [0.717, 1.165) is 23.4 Å². The Labute approximate surface area is 126 Å². The van der Waals surface area contributed by atoms with E-state index in [9.17, 15) is 4.79 Å². The Bertz CT molecular complexity index is 647. The molecule has 21 heavy (non-hydrogen) atoms.